The van der Waals surface area contributed by atoms with Gasteiger partial charge in [-0.15, -0.1) is 0 Å². The van der Waals surface area contributed by atoms with E-state index in [1.54, 1.807) is 44.2 Å². The van der Waals surface area contributed by atoms with Crippen LogP contribution in [0.25, 0.3) is 0 Å². The van der Waals surface area contributed by atoms with E-state index in [2.05, 4.69) is 10.6 Å². The molecule has 0 bridgehead atoms. The second-order valence-corrected chi connectivity index (χ2v) is 3.36. The molecule has 0 heterocycles. The molecule has 0 saturated carbocycles. The molecular weight excluding hydrogens is 232 g/mol. The zero-order valence-electron chi connectivity index (χ0n) is 10.4. The monoisotopic (exact) mass is 248 g/mol. The lowest BCUT2D eigenvalue weighted by Gasteiger charge is -2.09. The lowest BCUT2D eigenvalue weighted by atomic mass is 10.2. The Morgan fingerprint density at radius 1 is 1.33 bits per heavy atom. The van der Waals surface area contributed by atoms with Gasteiger partial charge in [-0.1, -0.05) is 18.2 Å². The van der Waals surface area contributed by atoms with Crippen molar-refractivity contribution in [3.8, 4) is 0 Å². The minimum atomic E-state index is -0.459. The Balaban J connectivity index is 2.82. The van der Waals surface area contributed by atoms with E-state index in [1.165, 1.54) is 6.20 Å². The second kappa shape index (κ2) is 7.11. The van der Waals surface area contributed by atoms with Crippen LogP contribution < -0.4 is 10.6 Å². The average Bonchev–Trinajstić information content (AvgIpc) is 2.37. The van der Waals surface area contributed by atoms with Crippen LogP contribution in [0.5, 0.6) is 0 Å². The number of esters is 1. The Hall–Kier alpha value is -2.30. The van der Waals surface area contributed by atoms with Gasteiger partial charge in [0.2, 0.25) is 0 Å². The van der Waals surface area contributed by atoms with Crippen LogP contribution in [0, 0.1) is 0 Å². The standard InChI is InChI=1S/C13H16N2O3/c1-3-9-14-13(17)15-11-8-6-5-7-10(11)12(16)18-4-2/h3,5-9H,4H2,1-2H3,(H2,14,15,17)/b9-3+. The molecule has 1 aromatic carbocycles. The minimum absolute atomic E-state index is 0.290. The van der Waals surface area contributed by atoms with Crippen LogP contribution in [0.2, 0.25) is 0 Å². The first-order valence-corrected chi connectivity index (χ1v) is 5.63. The van der Waals surface area contributed by atoms with Gasteiger partial charge < -0.3 is 15.4 Å². The molecule has 5 nitrogen and oxygen atoms in total. The first-order valence-electron chi connectivity index (χ1n) is 5.63. The molecule has 0 unspecified atom stereocenters. The van der Waals surface area contributed by atoms with Gasteiger partial charge in [-0.2, -0.15) is 0 Å². The van der Waals surface area contributed by atoms with Crippen molar-refractivity contribution in [2.45, 2.75) is 13.8 Å². The Morgan fingerprint density at radius 2 is 2.06 bits per heavy atom. The van der Waals surface area contributed by atoms with Crippen LogP contribution in [0.15, 0.2) is 36.5 Å². The minimum Gasteiger partial charge on any atom is -0.462 e. The predicted octanol–water partition coefficient (Wildman–Crippen LogP) is 2.52. The summed E-state index contributed by atoms with van der Waals surface area (Å²) < 4.78 is 4.91. The van der Waals surface area contributed by atoms with Gasteiger partial charge >= 0.3 is 12.0 Å². The van der Waals surface area contributed by atoms with Gasteiger partial charge in [0.1, 0.15) is 0 Å². The van der Waals surface area contributed by atoms with Gasteiger partial charge in [0, 0.05) is 6.20 Å². The molecule has 2 amide bonds. The van der Waals surface area contributed by atoms with Crippen molar-refractivity contribution in [3.63, 3.8) is 0 Å². The quantitative estimate of drug-likeness (QED) is 0.804. The average molecular weight is 248 g/mol. The normalized spacial score (nSPS) is 10.1. The van der Waals surface area contributed by atoms with Crippen LogP contribution in [-0.2, 0) is 4.74 Å². The highest BCUT2D eigenvalue weighted by atomic mass is 16.5. The number of carbonyl (C=O) groups is 2. The molecule has 5 heteroatoms. The van der Waals surface area contributed by atoms with Gasteiger partial charge in [0.05, 0.1) is 17.9 Å². The van der Waals surface area contributed by atoms with Crippen molar-refractivity contribution in [1.82, 2.24) is 5.32 Å². The van der Waals surface area contributed by atoms with Crippen molar-refractivity contribution in [3.05, 3.63) is 42.1 Å². The number of benzene rings is 1. The molecule has 0 aliphatic heterocycles. The lowest BCUT2D eigenvalue weighted by Crippen LogP contribution is -2.25. The number of para-hydroxylation sites is 1. The number of hydrogen-bond acceptors (Lipinski definition) is 3. The number of ether oxygens (including phenoxy) is 1. The number of hydrogen-bond donors (Lipinski definition) is 2. The fraction of sp³-hybridized carbons (Fsp3) is 0.231. The van der Waals surface area contributed by atoms with Crippen LogP contribution in [0.4, 0.5) is 10.5 Å². The molecular formula is C13H16N2O3. The van der Waals surface area contributed by atoms with Crippen molar-refractivity contribution < 1.29 is 14.3 Å². The summed E-state index contributed by atoms with van der Waals surface area (Å²) in [5, 5.41) is 5.08. The number of nitrogens with one attached hydrogen (secondary N) is 2. The van der Waals surface area contributed by atoms with E-state index in [-0.39, 0.29) is 6.61 Å². The van der Waals surface area contributed by atoms with E-state index in [0.29, 0.717) is 11.3 Å². The van der Waals surface area contributed by atoms with Gasteiger partial charge in [-0.25, -0.2) is 9.59 Å². The molecule has 0 aromatic heterocycles. The summed E-state index contributed by atoms with van der Waals surface area (Å²) in [4.78, 5) is 23.1. The largest absolute Gasteiger partial charge is 0.462 e. The number of carbonyl (C=O) groups excluding carboxylic acids is 2. The molecule has 0 aliphatic carbocycles. The summed E-state index contributed by atoms with van der Waals surface area (Å²) in [7, 11) is 0. The molecule has 0 atom stereocenters. The highest BCUT2D eigenvalue weighted by Gasteiger charge is 2.13. The van der Waals surface area contributed by atoms with Crippen molar-refractivity contribution in [1.29, 1.82) is 0 Å². The molecule has 1 rings (SSSR count). The first-order chi connectivity index (χ1) is 8.69. The zero-order valence-corrected chi connectivity index (χ0v) is 10.4. The maximum absolute atomic E-state index is 11.7. The summed E-state index contributed by atoms with van der Waals surface area (Å²) in [5.74, 6) is -0.459. The lowest BCUT2D eigenvalue weighted by molar-refractivity contribution is 0.0527. The molecule has 0 fully saturated rings. The van der Waals surface area contributed by atoms with Gasteiger partial charge in [-0.05, 0) is 26.0 Å². The van der Waals surface area contributed by atoms with Crippen molar-refractivity contribution >= 4 is 17.7 Å². The molecule has 0 saturated heterocycles. The maximum Gasteiger partial charge on any atom is 0.340 e. The van der Waals surface area contributed by atoms with Gasteiger partial charge in [0.25, 0.3) is 0 Å². The Labute approximate surface area is 106 Å². The molecule has 0 aliphatic rings. The summed E-state index contributed by atoms with van der Waals surface area (Å²) in [6, 6.07) is 6.27. The van der Waals surface area contributed by atoms with Crippen LogP contribution >= 0.6 is 0 Å². The fourth-order valence-electron chi connectivity index (χ4n) is 1.30. The Morgan fingerprint density at radius 3 is 2.72 bits per heavy atom. The summed E-state index contributed by atoms with van der Waals surface area (Å²) >= 11 is 0. The predicted molar refractivity (Wildman–Crippen MR) is 69.4 cm³/mol. The van der Waals surface area contributed by atoms with Crippen LogP contribution in [-0.4, -0.2) is 18.6 Å². The van der Waals surface area contributed by atoms with Crippen molar-refractivity contribution in [2.24, 2.45) is 0 Å². The van der Waals surface area contributed by atoms with Gasteiger partial charge in [0.15, 0.2) is 0 Å². The SMILES string of the molecule is C/C=C/NC(=O)Nc1ccccc1C(=O)OCC. The van der Waals surface area contributed by atoms with Crippen LogP contribution in [0.3, 0.4) is 0 Å². The van der Waals surface area contributed by atoms with Crippen molar-refractivity contribution in [2.75, 3.05) is 11.9 Å². The topological polar surface area (TPSA) is 67.4 Å². The summed E-state index contributed by atoms with van der Waals surface area (Å²) in [6.07, 6.45) is 3.19. The molecule has 0 radical (unpaired) electrons. The number of urea groups is 1. The summed E-state index contributed by atoms with van der Waals surface area (Å²) in [5.41, 5.74) is 0.743. The molecule has 96 valence electrons. The molecule has 1 aromatic rings. The second-order valence-electron chi connectivity index (χ2n) is 3.36. The van der Waals surface area contributed by atoms with E-state index in [4.69, 9.17) is 4.74 Å². The van der Waals surface area contributed by atoms with Crippen LogP contribution in [0.1, 0.15) is 24.2 Å². The Bertz CT molecular complexity index is 455. The third-order valence-electron chi connectivity index (χ3n) is 2.05. The smallest absolute Gasteiger partial charge is 0.340 e. The van der Waals surface area contributed by atoms with E-state index < -0.39 is 12.0 Å². The fourth-order valence-corrected chi connectivity index (χ4v) is 1.30. The van der Waals surface area contributed by atoms with E-state index in [0.717, 1.165) is 0 Å². The number of allylic oxidation sites excluding steroid dienone is 1. The first kappa shape index (κ1) is 13.8. The van der Waals surface area contributed by atoms with Gasteiger partial charge in [-0.3, -0.25) is 0 Å². The number of anilines is 1. The number of amides is 2. The highest BCUT2D eigenvalue weighted by molar-refractivity contribution is 6.00. The van der Waals surface area contributed by atoms with E-state index >= 15 is 0 Å². The zero-order chi connectivity index (χ0) is 13.4. The van der Waals surface area contributed by atoms with E-state index in [9.17, 15) is 9.59 Å². The number of rotatable bonds is 4. The molecule has 2 N–H and O–H groups in total. The molecule has 18 heavy (non-hydrogen) atoms. The Kier molecular flexibility index (Phi) is 5.44. The highest BCUT2D eigenvalue weighted by Crippen LogP contribution is 2.15. The third-order valence-corrected chi connectivity index (χ3v) is 2.05. The molecule has 0 spiro atoms. The maximum atomic E-state index is 11.7. The third kappa shape index (κ3) is 3.93. The van der Waals surface area contributed by atoms with E-state index in [1.807, 2.05) is 0 Å². The summed E-state index contributed by atoms with van der Waals surface area (Å²) in [6.45, 7) is 3.80.